The summed E-state index contributed by atoms with van der Waals surface area (Å²) in [4.78, 5) is 0. The van der Waals surface area contributed by atoms with Crippen molar-refractivity contribution in [1.82, 2.24) is 0 Å². The number of hydrogen-bond donors (Lipinski definition) is 2. The van der Waals surface area contributed by atoms with Crippen LogP contribution in [0.15, 0.2) is 22.7 Å². The van der Waals surface area contributed by atoms with Crippen molar-refractivity contribution in [2.24, 2.45) is 0 Å². The van der Waals surface area contributed by atoms with Gasteiger partial charge in [0.2, 0.25) is 0 Å². The fourth-order valence-corrected chi connectivity index (χ4v) is 1.38. The van der Waals surface area contributed by atoms with Gasteiger partial charge in [0.05, 0.1) is 13.2 Å². The lowest BCUT2D eigenvalue weighted by molar-refractivity contribution is 0.196. The fourth-order valence-electron chi connectivity index (χ4n) is 0.968. The molecule has 1 rings (SSSR count). The van der Waals surface area contributed by atoms with E-state index in [-0.39, 0.29) is 19.8 Å². The monoisotopic (exact) mass is 246 g/mol. The van der Waals surface area contributed by atoms with Crippen molar-refractivity contribution in [2.45, 2.75) is 6.61 Å². The zero-order valence-electron chi connectivity index (χ0n) is 7.03. The van der Waals surface area contributed by atoms with Crippen molar-refractivity contribution in [3.05, 3.63) is 28.2 Å². The first-order valence-electron chi connectivity index (χ1n) is 3.91. The fraction of sp³-hybridized carbons (Fsp3) is 0.333. The molecular formula is C9H11BrO3. The predicted octanol–water partition coefficient (Wildman–Crippen LogP) is 1.31. The molecule has 0 radical (unpaired) electrons. The molecule has 13 heavy (non-hydrogen) atoms. The van der Waals surface area contributed by atoms with Gasteiger partial charge in [-0.15, -0.1) is 0 Å². The van der Waals surface area contributed by atoms with Crippen molar-refractivity contribution in [3.8, 4) is 5.75 Å². The Labute approximate surface area is 85.1 Å². The molecular weight excluding hydrogens is 236 g/mol. The van der Waals surface area contributed by atoms with Gasteiger partial charge in [-0.2, -0.15) is 0 Å². The predicted molar refractivity (Wildman–Crippen MR) is 52.6 cm³/mol. The van der Waals surface area contributed by atoms with E-state index < -0.39 is 0 Å². The molecule has 72 valence electrons. The van der Waals surface area contributed by atoms with Crippen LogP contribution >= 0.6 is 15.9 Å². The van der Waals surface area contributed by atoms with E-state index in [1.165, 1.54) is 0 Å². The van der Waals surface area contributed by atoms with Gasteiger partial charge in [-0.25, -0.2) is 0 Å². The van der Waals surface area contributed by atoms with Crippen LogP contribution in [0.3, 0.4) is 0 Å². The highest BCUT2D eigenvalue weighted by Gasteiger charge is 2.02. The lowest BCUT2D eigenvalue weighted by Crippen LogP contribution is -2.03. The first-order chi connectivity index (χ1) is 6.27. The van der Waals surface area contributed by atoms with E-state index in [9.17, 15) is 0 Å². The summed E-state index contributed by atoms with van der Waals surface area (Å²) in [5, 5.41) is 17.5. The van der Waals surface area contributed by atoms with Crippen LogP contribution in [-0.4, -0.2) is 23.4 Å². The second-order valence-electron chi connectivity index (χ2n) is 2.48. The van der Waals surface area contributed by atoms with Crippen molar-refractivity contribution >= 4 is 15.9 Å². The van der Waals surface area contributed by atoms with E-state index in [0.29, 0.717) is 11.3 Å². The minimum absolute atomic E-state index is 0.0269. The van der Waals surface area contributed by atoms with E-state index in [4.69, 9.17) is 14.9 Å². The summed E-state index contributed by atoms with van der Waals surface area (Å²) in [6.45, 7) is 0.149. The largest absolute Gasteiger partial charge is 0.491 e. The highest BCUT2D eigenvalue weighted by Crippen LogP contribution is 2.22. The maximum Gasteiger partial charge on any atom is 0.125 e. The van der Waals surface area contributed by atoms with Crippen molar-refractivity contribution < 1.29 is 14.9 Å². The van der Waals surface area contributed by atoms with Crippen LogP contribution in [0.4, 0.5) is 0 Å². The number of halogens is 1. The van der Waals surface area contributed by atoms with Crippen LogP contribution in [0.2, 0.25) is 0 Å². The molecule has 0 aliphatic heterocycles. The SMILES string of the molecule is OCCOc1ccc(Br)cc1CO. The van der Waals surface area contributed by atoms with Gasteiger partial charge in [0.15, 0.2) is 0 Å². The summed E-state index contributed by atoms with van der Waals surface area (Å²) in [7, 11) is 0. The third-order valence-electron chi connectivity index (χ3n) is 1.54. The molecule has 3 nitrogen and oxygen atoms in total. The molecule has 1 aromatic carbocycles. The maximum atomic E-state index is 8.98. The third-order valence-corrected chi connectivity index (χ3v) is 2.03. The van der Waals surface area contributed by atoms with Crippen LogP contribution in [0, 0.1) is 0 Å². The van der Waals surface area contributed by atoms with Gasteiger partial charge < -0.3 is 14.9 Å². The molecule has 0 fully saturated rings. The van der Waals surface area contributed by atoms with Crippen molar-refractivity contribution in [2.75, 3.05) is 13.2 Å². The summed E-state index contributed by atoms with van der Waals surface area (Å²) >= 11 is 3.29. The van der Waals surface area contributed by atoms with Gasteiger partial charge in [-0.1, -0.05) is 15.9 Å². The Morgan fingerprint density at radius 1 is 1.31 bits per heavy atom. The lowest BCUT2D eigenvalue weighted by atomic mass is 10.2. The van der Waals surface area contributed by atoms with Gasteiger partial charge in [0, 0.05) is 10.0 Å². The molecule has 0 unspecified atom stereocenters. The summed E-state index contributed by atoms with van der Waals surface area (Å²) in [6, 6.07) is 5.36. The van der Waals surface area contributed by atoms with Gasteiger partial charge >= 0.3 is 0 Å². The minimum Gasteiger partial charge on any atom is -0.491 e. The molecule has 4 heteroatoms. The summed E-state index contributed by atoms with van der Waals surface area (Å²) in [6.07, 6.45) is 0. The third kappa shape index (κ3) is 2.99. The van der Waals surface area contributed by atoms with Gasteiger partial charge in [-0.3, -0.25) is 0 Å². The number of ether oxygens (including phenoxy) is 1. The Balaban J connectivity index is 2.79. The molecule has 2 N–H and O–H groups in total. The molecule has 0 spiro atoms. The minimum atomic E-state index is -0.0692. The van der Waals surface area contributed by atoms with Crippen LogP contribution in [-0.2, 0) is 6.61 Å². The smallest absolute Gasteiger partial charge is 0.125 e. The van der Waals surface area contributed by atoms with E-state index in [2.05, 4.69) is 15.9 Å². The zero-order valence-corrected chi connectivity index (χ0v) is 8.62. The molecule has 0 aromatic heterocycles. The van der Waals surface area contributed by atoms with Gasteiger partial charge in [0.1, 0.15) is 12.4 Å². The van der Waals surface area contributed by atoms with E-state index in [1.54, 1.807) is 12.1 Å². The second kappa shape index (κ2) is 5.21. The Bertz CT molecular complexity index is 276. The summed E-state index contributed by atoms with van der Waals surface area (Å²) < 4.78 is 6.10. The van der Waals surface area contributed by atoms with Crippen LogP contribution in [0.5, 0.6) is 5.75 Å². The molecule has 0 saturated heterocycles. The first-order valence-corrected chi connectivity index (χ1v) is 4.70. The Morgan fingerprint density at radius 3 is 2.69 bits per heavy atom. The lowest BCUT2D eigenvalue weighted by Gasteiger charge is -2.08. The van der Waals surface area contributed by atoms with Crippen LogP contribution < -0.4 is 4.74 Å². The molecule has 0 aliphatic rings. The molecule has 0 bridgehead atoms. The summed E-state index contributed by atoms with van der Waals surface area (Å²) in [5.74, 6) is 0.611. The molecule has 0 saturated carbocycles. The topological polar surface area (TPSA) is 49.7 Å². The Morgan fingerprint density at radius 2 is 2.08 bits per heavy atom. The molecule has 0 heterocycles. The Hall–Kier alpha value is -0.580. The molecule has 0 aliphatic carbocycles. The van der Waals surface area contributed by atoms with E-state index >= 15 is 0 Å². The highest BCUT2D eigenvalue weighted by molar-refractivity contribution is 9.10. The highest BCUT2D eigenvalue weighted by atomic mass is 79.9. The standard InChI is InChI=1S/C9H11BrO3/c10-8-1-2-9(13-4-3-11)7(5-8)6-12/h1-2,5,11-12H,3-4,6H2. The van der Waals surface area contributed by atoms with Crippen LogP contribution in [0.1, 0.15) is 5.56 Å². The van der Waals surface area contributed by atoms with Gasteiger partial charge in [-0.05, 0) is 18.2 Å². The number of aliphatic hydroxyl groups excluding tert-OH is 2. The maximum absolute atomic E-state index is 8.98. The van der Waals surface area contributed by atoms with Crippen molar-refractivity contribution in [1.29, 1.82) is 0 Å². The molecule has 1 aromatic rings. The quantitative estimate of drug-likeness (QED) is 0.843. The number of rotatable bonds is 4. The summed E-state index contributed by atoms with van der Waals surface area (Å²) in [5.41, 5.74) is 0.711. The number of aliphatic hydroxyl groups is 2. The van der Waals surface area contributed by atoms with E-state index in [1.807, 2.05) is 6.07 Å². The number of benzene rings is 1. The first kappa shape index (κ1) is 10.5. The number of hydrogen-bond acceptors (Lipinski definition) is 3. The Kier molecular flexibility index (Phi) is 4.21. The van der Waals surface area contributed by atoms with E-state index in [0.717, 1.165) is 4.47 Å². The average molecular weight is 247 g/mol. The normalized spacial score (nSPS) is 10.1. The zero-order chi connectivity index (χ0) is 9.68. The van der Waals surface area contributed by atoms with Crippen LogP contribution in [0.25, 0.3) is 0 Å². The van der Waals surface area contributed by atoms with Crippen molar-refractivity contribution in [3.63, 3.8) is 0 Å². The van der Waals surface area contributed by atoms with Gasteiger partial charge in [0.25, 0.3) is 0 Å². The molecule has 0 amide bonds. The average Bonchev–Trinajstić information content (AvgIpc) is 2.16. The molecule has 0 atom stereocenters. The second-order valence-corrected chi connectivity index (χ2v) is 3.40.